The smallest absolute Gasteiger partial charge is 0.174 e. The van der Waals surface area contributed by atoms with Crippen LogP contribution in [-0.4, -0.2) is 20.8 Å². The number of pyridine rings is 1. The molecule has 1 aromatic carbocycles. The van der Waals surface area contributed by atoms with Crippen molar-refractivity contribution in [1.82, 2.24) is 14.9 Å². The molecule has 3 aliphatic rings. The first-order valence-corrected chi connectivity index (χ1v) is 13.1. The van der Waals surface area contributed by atoms with Gasteiger partial charge >= 0.3 is 0 Å². The van der Waals surface area contributed by atoms with Gasteiger partial charge in [-0.05, 0) is 99.3 Å². The number of nitrogens with one attached hydrogen (secondary N) is 1. The standard InChI is InChI=1S/C28H32N4OS/c34-28-30-26(24-12-5-6-18-29-24)27(25-13-7-19-31(25)20-8-1-2-9-20)32(28)21-14-16-23(17-15-21)33-22-10-3-4-11-22/h5-7,12-20,22,26-27H,1-4,8-11H2,(H,30,34)/t26-,27-/m1/s1. The number of anilines is 1. The maximum Gasteiger partial charge on any atom is 0.174 e. The summed E-state index contributed by atoms with van der Waals surface area (Å²) in [7, 11) is 0. The molecule has 0 bridgehead atoms. The SMILES string of the molecule is S=C1N[C@H](c2ccccn2)[C@@H](c2cccn2C2CCCC2)N1c1ccc(OC2CCCC2)cc1. The van der Waals surface area contributed by atoms with Gasteiger partial charge in [-0.1, -0.05) is 18.9 Å². The summed E-state index contributed by atoms with van der Waals surface area (Å²) < 4.78 is 8.71. The molecule has 2 aromatic heterocycles. The van der Waals surface area contributed by atoms with Crippen molar-refractivity contribution in [2.45, 2.75) is 75.6 Å². The van der Waals surface area contributed by atoms with Gasteiger partial charge in [0.1, 0.15) is 11.8 Å². The van der Waals surface area contributed by atoms with Gasteiger partial charge < -0.3 is 19.5 Å². The van der Waals surface area contributed by atoms with Gasteiger partial charge in [0.25, 0.3) is 0 Å². The van der Waals surface area contributed by atoms with E-state index in [1.165, 1.54) is 44.2 Å². The fourth-order valence-electron chi connectivity index (χ4n) is 5.99. The van der Waals surface area contributed by atoms with Crippen molar-refractivity contribution in [1.29, 1.82) is 0 Å². The molecule has 0 unspecified atom stereocenters. The summed E-state index contributed by atoms with van der Waals surface area (Å²) in [5.74, 6) is 0.945. The predicted octanol–water partition coefficient (Wildman–Crippen LogP) is 6.50. The summed E-state index contributed by atoms with van der Waals surface area (Å²) in [6.45, 7) is 0. The van der Waals surface area contributed by atoms with E-state index in [0.29, 0.717) is 12.1 Å². The molecule has 0 amide bonds. The number of benzene rings is 1. The Hall–Kier alpha value is -2.86. The van der Waals surface area contributed by atoms with Crippen LogP contribution in [0.5, 0.6) is 5.75 Å². The van der Waals surface area contributed by atoms with Crippen LogP contribution < -0.4 is 15.0 Å². The molecule has 3 heterocycles. The van der Waals surface area contributed by atoms with Crippen LogP contribution in [0.25, 0.3) is 0 Å². The topological polar surface area (TPSA) is 42.3 Å². The van der Waals surface area contributed by atoms with E-state index >= 15 is 0 Å². The third kappa shape index (κ3) is 4.09. The number of ether oxygens (including phenoxy) is 1. The van der Waals surface area contributed by atoms with Crippen LogP contribution in [0.4, 0.5) is 5.69 Å². The van der Waals surface area contributed by atoms with Gasteiger partial charge in [0.05, 0.1) is 17.8 Å². The lowest BCUT2D eigenvalue weighted by atomic mass is 10.00. The Kier molecular flexibility index (Phi) is 6.00. The van der Waals surface area contributed by atoms with Crippen molar-refractivity contribution < 1.29 is 4.74 Å². The second kappa shape index (κ2) is 9.41. The molecule has 0 spiro atoms. The summed E-state index contributed by atoms with van der Waals surface area (Å²) in [4.78, 5) is 6.98. The van der Waals surface area contributed by atoms with E-state index in [9.17, 15) is 0 Å². The van der Waals surface area contributed by atoms with E-state index in [1.54, 1.807) is 0 Å². The van der Waals surface area contributed by atoms with E-state index in [2.05, 4.69) is 69.5 Å². The molecule has 6 rings (SSSR count). The molecule has 6 heteroatoms. The van der Waals surface area contributed by atoms with Crippen molar-refractivity contribution in [2.24, 2.45) is 0 Å². The van der Waals surface area contributed by atoms with Crippen LogP contribution >= 0.6 is 12.2 Å². The lowest BCUT2D eigenvalue weighted by Gasteiger charge is -2.30. The molecule has 34 heavy (non-hydrogen) atoms. The molecule has 2 saturated carbocycles. The van der Waals surface area contributed by atoms with Crippen LogP contribution in [0.3, 0.4) is 0 Å². The lowest BCUT2D eigenvalue weighted by Crippen LogP contribution is -2.30. The summed E-state index contributed by atoms with van der Waals surface area (Å²) >= 11 is 5.92. The molecule has 3 aromatic rings. The minimum Gasteiger partial charge on any atom is -0.490 e. The van der Waals surface area contributed by atoms with Crippen molar-refractivity contribution in [3.63, 3.8) is 0 Å². The first-order chi connectivity index (χ1) is 16.8. The van der Waals surface area contributed by atoms with Crippen molar-refractivity contribution in [2.75, 3.05) is 4.90 Å². The minimum atomic E-state index is -0.0156. The van der Waals surface area contributed by atoms with Crippen LogP contribution in [0, 0.1) is 0 Å². The van der Waals surface area contributed by atoms with Gasteiger partial charge in [-0.15, -0.1) is 0 Å². The fourth-order valence-corrected chi connectivity index (χ4v) is 6.34. The average molecular weight is 473 g/mol. The van der Waals surface area contributed by atoms with Crippen LogP contribution in [0.2, 0.25) is 0 Å². The highest BCUT2D eigenvalue weighted by Gasteiger charge is 2.42. The number of rotatable bonds is 6. The second-order valence-electron chi connectivity index (χ2n) is 9.79. The quantitative estimate of drug-likeness (QED) is 0.415. The van der Waals surface area contributed by atoms with Crippen LogP contribution in [0.15, 0.2) is 67.0 Å². The zero-order chi connectivity index (χ0) is 22.9. The Labute approximate surface area is 207 Å². The maximum atomic E-state index is 6.21. The number of hydrogen-bond acceptors (Lipinski definition) is 3. The van der Waals surface area contributed by atoms with Crippen LogP contribution in [-0.2, 0) is 0 Å². The molecule has 0 radical (unpaired) electrons. The normalized spacial score (nSPS) is 23.5. The molecular weight excluding hydrogens is 440 g/mol. The van der Waals surface area contributed by atoms with E-state index < -0.39 is 0 Å². The molecule has 3 fully saturated rings. The zero-order valence-corrected chi connectivity index (χ0v) is 20.3. The Morgan fingerprint density at radius 1 is 0.882 bits per heavy atom. The van der Waals surface area contributed by atoms with Gasteiger partial charge in [0, 0.05) is 29.8 Å². The van der Waals surface area contributed by atoms with Gasteiger partial charge in [-0.3, -0.25) is 4.98 Å². The molecule has 1 saturated heterocycles. The average Bonchev–Trinajstić information content (AvgIpc) is 3.66. The maximum absolute atomic E-state index is 6.21. The Morgan fingerprint density at radius 3 is 2.38 bits per heavy atom. The lowest BCUT2D eigenvalue weighted by molar-refractivity contribution is 0.210. The van der Waals surface area contributed by atoms with E-state index in [0.717, 1.165) is 35.1 Å². The van der Waals surface area contributed by atoms with Gasteiger partial charge in [0.2, 0.25) is 0 Å². The van der Waals surface area contributed by atoms with Crippen LogP contribution in [0.1, 0.15) is 80.9 Å². The largest absolute Gasteiger partial charge is 0.490 e. The highest BCUT2D eigenvalue weighted by Crippen LogP contribution is 2.44. The first-order valence-electron chi connectivity index (χ1n) is 12.7. The predicted molar refractivity (Wildman–Crippen MR) is 139 cm³/mol. The summed E-state index contributed by atoms with van der Waals surface area (Å²) in [6, 6.07) is 19.6. The number of aromatic nitrogens is 2. The molecule has 1 N–H and O–H groups in total. The minimum absolute atomic E-state index is 0.0156. The molecule has 2 atom stereocenters. The summed E-state index contributed by atoms with van der Waals surface area (Å²) in [5.41, 5.74) is 3.39. The van der Waals surface area contributed by atoms with Crippen molar-refractivity contribution >= 4 is 23.0 Å². The number of hydrogen-bond donors (Lipinski definition) is 1. The third-order valence-corrected chi connectivity index (χ3v) is 7.97. The van der Waals surface area contributed by atoms with Gasteiger partial charge in [-0.25, -0.2) is 0 Å². The van der Waals surface area contributed by atoms with Crippen molar-refractivity contribution in [3.8, 4) is 5.75 Å². The first kappa shape index (κ1) is 21.7. The third-order valence-electron chi connectivity index (χ3n) is 7.65. The fraction of sp³-hybridized carbons (Fsp3) is 0.429. The summed E-state index contributed by atoms with van der Waals surface area (Å²) in [5, 5.41) is 4.34. The van der Waals surface area contributed by atoms with E-state index in [1.807, 2.05) is 12.3 Å². The highest BCUT2D eigenvalue weighted by atomic mass is 32.1. The molecule has 176 valence electrons. The highest BCUT2D eigenvalue weighted by molar-refractivity contribution is 7.80. The van der Waals surface area contributed by atoms with E-state index in [-0.39, 0.29) is 12.1 Å². The monoisotopic (exact) mass is 472 g/mol. The zero-order valence-electron chi connectivity index (χ0n) is 19.5. The summed E-state index contributed by atoms with van der Waals surface area (Å²) in [6.07, 6.45) is 14.4. The molecule has 5 nitrogen and oxygen atoms in total. The molecule has 1 aliphatic heterocycles. The Balaban J connectivity index is 1.36. The molecule has 2 aliphatic carbocycles. The molecular formula is C28H32N4OS. The number of nitrogens with zero attached hydrogens (tertiary/aromatic N) is 3. The Bertz CT molecular complexity index is 1120. The second-order valence-corrected chi connectivity index (χ2v) is 10.2. The van der Waals surface area contributed by atoms with E-state index in [4.69, 9.17) is 21.9 Å². The van der Waals surface area contributed by atoms with Gasteiger partial charge in [0.15, 0.2) is 5.11 Å². The van der Waals surface area contributed by atoms with Gasteiger partial charge in [-0.2, -0.15) is 0 Å². The number of thiocarbonyl (C=S) groups is 1. The Morgan fingerprint density at radius 2 is 1.65 bits per heavy atom. The van der Waals surface area contributed by atoms with Crippen molar-refractivity contribution in [3.05, 3.63) is 78.4 Å².